The Morgan fingerprint density at radius 2 is 2.50 bits per heavy atom. The van der Waals surface area contributed by atoms with Crippen molar-refractivity contribution in [3.63, 3.8) is 0 Å². The van der Waals surface area contributed by atoms with Crippen molar-refractivity contribution in [1.82, 2.24) is 5.32 Å². The van der Waals surface area contributed by atoms with Crippen LogP contribution in [0.1, 0.15) is 0 Å². The highest BCUT2D eigenvalue weighted by Crippen LogP contribution is 1.87. The van der Waals surface area contributed by atoms with Crippen molar-refractivity contribution in [3.05, 3.63) is 0 Å². The molecule has 0 aliphatic heterocycles. The fourth-order valence-electron chi connectivity index (χ4n) is 0.527. The van der Waals surface area contributed by atoms with Gasteiger partial charge in [0.15, 0.2) is 0 Å². The molecule has 0 aliphatic rings. The topological polar surface area (TPSA) is 64.3 Å². The number of halogens is 1. The molecule has 0 saturated carbocycles. The molecule has 1 atom stereocenters. The number of amides is 2. The maximum atomic E-state index is 10.2. The van der Waals surface area contributed by atoms with Gasteiger partial charge in [0.05, 0.1) is 12.6 Å². The number of carbonyl (C=O) groups is 1. The van der Waals surface area contributed by atoms with E-state index in [0.717, 1.165) is 0 Å². The minimum Gasteiger partial charge on any atom is -0.383 e. The zero-order chi connectivity index (χ0) is 7.98. The van der Waals surface area contributed by atoms with Crippen LogP contribution in [0.25, 0.3) is 0 Å². The van der Waals surface area contributed by atoms with E-state index in [9.17, 15) is 4.79 Å². The molecule has 2 amide bonds. The molecule has 0 spiro atoms. The van der Waals surface area contributed by atoms with Gasteiger partial charge in [0, 0.05) is 13.0 Å². The van der Waals surface area contributed by atoms with Crippen molar-refractivity contribution in [1.29, 1.82) is 0 Å². The summed E-state index contributed by atoms with van der Waals surface area (Å²) in [6, 6.07) is -0.771. The van der Waals surface area contributed by atoms with Crippen LogP contribution in [0, 0.1) is 0 Å². The summed E-state index contributed by atoms with van der Waals surface area (Å²) in [5.41, 5.74) is 4.83. The van der Waals surface area contributed by atoms with Gasteiger partial charge < -0.3 is 15.8 Å². The molecule has 0 rings (SSSR count). The second kappa shape index (κ2) is 5.32. The lowest BCUT2D eigenvalue weighted by atomic mass is 10.4. The van der Waals surface area contributed by atoms with Crippen LogP contribution in [0.3, 0.4) is 0 Å². The fourth-order valence-corrected chi connectivity index (χ4v) is 0.693. The fraction of sp³-hybridized carbons (Fsp3) is 0.800. The molecule has 60 valence electrons. The Kier molecular flexibility index (Phi) is 5.06. The molecular weight excluding hydrogens is 156 g/mol. The van der Waals surface area contributed by atoms with Crippen LogP contribution in [0.5, 0.6) is 0 Å². The second-order valence-electron chi connectivity index (χ2n) is 1.82. The standard InChI is InChI=1S/C5H11ClN2O2/c1-10-3-4(2-6)8-5(7)9/h4H,2-3H2,1H3,(H3,7,8,9). The monoisotopic (exact) mass is 166 g/mol. The number of primary amides is 1. The van der Waals surface area contributed by atoms with Crippen molar-refractivity contribution in [2.45, 2.75) is 6.04 Å². The number of rotatable bonds is 4. The molecule has 0 fully saturated rings. The molecule has 3 N–H and O–H groups in total. The molecule has 5 heteroatoms. The van der Waals surface area contributed by atoms with Crippen molar-refractivity contribution < 1.29 is 9.53 Å². The summed E-state index contributed by atoms with van der Waals surface area (Å²) >= 11 is 5.44. The van der Waals surface area contributed by atoms with Gasteiger partial charge in [-0.1, -0.05) is 0 Å². The highest BCUT2D eigenvalue weighted by Gasteiger charge is 2.06. The van der Waals surface area contributed by atoms with Crippen molar-refractivity contribution in [3.8, 4) is 0 Å². The molecule has 0 heterocycles. The molecule has 0 aromatic carbocycles. The first kappa shape index (κ1) is 9.52. The van der Waals surface area contributed by atoms with Crippen molar-refractivity contribution in [2.75, 3.05) is 19.6 Å². The third-order valence-corrected chi connectivity index (χ3v) is 1.27. The van der Waals surface area contributed by atoms with Crippen LogP contribution in [-0.2, 0) is 4.74 Å². The largest absolute Gasteiger partial charge is 0.383 e. The normalized spacial score (nSPS) is 12.6. The van der Waals surface area contributed by atoms with Gasteiger partial charge >= 0.3 is 6.03 Å². The van der Waals surface area contributed by atoms with E-state index >= 15 is 0 Å². The van der Waals surface area contributed by atoms with Crippen molar-refractivity contribution in [2.24, 2.45) is 5.73 Å². The average Bonchev–Trinajstić information content (AvgIpc) is 1.86. The average molecular weight is 167 g/mol. The summed E-state index contributed by atoms with van der Waals surface area (Å²) < 4.78 is 4.74. The molecule has 1 unspecified atom stereocenters. The maximum Gasteiger partial charge on any atom is 0.312 e. The van der Waals surface area contributed by atoms with E-state index < -0.39 is 6.03 Å². The van der Waals surface area contributed by atoms with Gasteiger partial charge in [-0.15, -0.1) is 11.6 Å². The first-order chi connectivity index (χ1) is 4.70. The van der Waals surface area contributed by atoms with E-state index in [0.29, 0.717) is 12.5 Å². The van der Waals surface area contributed by atoms with Gasteiger partial charge in [-0.25, -0.2) is 4.79 Å². The zero-order valence-electron chi connectivity index (χ0n) is 5.76. The molecule has 0 bridgehead atoms. The smallest absolute Gasteiger partial charge is 0.312 e. The molecule has 0 aliphatic carbocycles. The summed E-state index contributed by atoms with van der Waals surface area (Å²) in [5.74, 6) is 0.302. The lowest BCUT2D eigenvalue weighted by Gasteiger charge is -2.12. The van der Waals surface area contributed by atoms with Gasteiger partial charge in [0.1, 0.15) is 0 Å². The molecule has 4 nitrogen and oxygen atoms in total. The second-order valence-corrected chi connectivity index (χ2v) is 2.12. The molecular formula is C5H11ClN2O2. The Morgan fingerprint density at radius 1 is 1.90 bits per heavy atom. The first-order valence-corrected chi connectivity index (χ1v) is 3.35. The van der Waals surface area contributed by atoms with E-state index in [1.54, 1.807) is 0 Å². The minimum absolute atomic E-state index is 0.191. The number of methoxy groups -OCH3 is 1. The first-order valence-electron chi connectivity index (χ1n) is 2.81. The van der Waals surface area contributed by atoms with Gasteiger partial charge in [-0.3, -0.25) is 0 Å². The SMILES string of the molecule is COCC(CCl)NC(N)=O. The number of alkyl halides is 1. The summed E-state index contributed by atoms with van der Waals surface area (Å²) in [4.78, 5) is 10.2. The summed E-state index contributed by atoms with van der Waals surface area (Å²) in [6.45, 7) is 0.381. The molecule has 10 heavy (non-hydrogen) atoms. The molecule has 0 aromatic rings. The number of nitrogens with one attached hydrogen (secondary N) is 1. The summed E-state index contributed by atoms with van der Waals surface area (Å²) in [5, 5.41) is 2.41. The molecule has 0 aromatic heterocycles. The van der Waals surface area contributed by atoms with E-state index in [-0.39, 0.29) is 6.04 Å². The number of nitrogens with two attached hydrogens (primary N) is 1. The van der Waals surface area contributed by atoms with Crippen LogP contribution >= 0.6 is 11.6 Å². The van der Waals surface area contributed by atoms with Crippen molar-refractivity contribution >= 4 is 17.6 Å². The summed E-state index contributed by atoms with van der Waals surface area (Å²) in [7, 11) is 1.53. The third kappa shape index (κ3) is 4.40. The Balaban J connectivity index is 3.49. The zero-order valence-corrected chi connectivity index (χ0v) is 6.52. The molecule has 0 saturated heterocycles. The third-order valence-electron chi connectivity index (χ3n) is 0.900. The predicted octanol–water partition coefficient (Wildman–Crippen LogP) is -0.0915. The predicted molar refractivity (Wildman–Crippen MR) is 39.1 cm³/mol. The van der Waals surface area contributed by atoms with E-state index in [4.69, 9.17) is 22.1 Å². The Labute approximate surface area is 64.7 Å². The quantitative estimate of drug-likeness (QED) is 0.574. The number of urea groups is 1. The van der Waals surface area contributed by atoms with Crippen LogP contribution < -0.4 is 11.1 Å². The Hall–Kier alpha value is -0.480. The van der Waals surface area contributed by atoms with E-state index in [2.05, 4.69) is 5.32 Å². The van der Waals surface area contributed by atoms with Gasteiger partial charge in [0.25, 0.3) is 0 Å². The van der Waals surface area contributed by atoms with Gasteiger partial charge in [-0.05, 0) is 0 Å². The minimum atomic E-state index is -0.581. The van der Waals surface area contributed by atoms with E-state index in [1.165, 1.54) is 7.11 Å². The van der Waals surface area contributed by atoms with E-state index in [1.807, 2.05) is 0 Å². The van der Waals surface area contributed by atoms with Crippen LogP contribution in [-0.4, -0.2) is 31.7 Å². The summed E-state index contributed by atoms with van der Waals surface area (Å²) in [6.07, 6.45) is 0. The number of hydrogen-bond donors (Lipinski definition) is 2. The highest BCUT2D eigenvalue weighted by molar-refractivity contribution is 6.18. The Bertz CT molecular complexity index is 110. The molecule has 0 radical (unpaired) electrons. The number of ether oxygens (including phenoxy) is 1. The number of hydrogen-bond acceptors (Lipinski definition) is 2. The van der Waals surface area contributed by atoms with Gasteiger partial charge in [-0.2, -0.15) is 0 Å². The lowest BCUT2D eigenvalue weighted by molar-refractivity contribution is 0.173. The maximum absolute atomic E-state index is 10.2. The lowest BCUT2D eigenvalue weighted by Crippen LogP contribution is -2.42. The van der Waals surface area contributed by atoms with Crippen LogP contribution in [0.4, 0.5) is 4.79 Å². The number of carbonyl (C=O) groups excluding carboxylic acids is 1. The highest BCUT2D eigenvalue weighted by atomic mass is 35.5. The Morgan fingerprint density at radius 3 is 2.80 bits per heavy atom. The van der Waals surface area contributed by atoms with Gasteiger partial charge in [0.2, 0.25) is 0 Å². The van der Waals surface area contributed by atoms with Crippen LogP contribution in [0.2, 0.25) is 0 Å². The van der Waals surface area contributed by atoms with Crippen LogP contribution in [0.15, 0.2) is 0 Å².